The van der Waals surface area contributed by atoms with Crippen molar-refractivity contribution in [3.8, 4) is 5.69 Å². The fraction of sp³-hybridized carbons (Fsp3) is 0.250. The monoisotopic (exact) mass is 315 g/mol. The van der Waals surface area contributed by atoms with E-state index in [0.29, 0.717) is 11.7 Å². The van der Waals surface area contributed by atoms with Gasteiger partial charge in [0.1, 0.15) is 5.15 Å². The fourth-order valence-corrected chi connectivity index (χ4v) is 2.65. The predicted octanol–water partition coefficient (Wildman–Crippen LogP) is 2.82. The van der Waals surface area contributed by atoms with Crippen molar-refractivity contribution in [2.45, 2.75) is 20.0 Å². The zero-order valence-corrected chi connectivity index (χ0v) is 13.2. The summed E-state index contributed by atoms with van der Waals surface area (Å²) in [4.78, 5) is 0. The summed E-state index contributed by atoms with van der Waals surface area (Å²) in [7, 11) is 0. The summed E-state index contributed by atoms with van der Waals surface area (Å²) in [6.45, 7) is 4.33. The second-order valence-corrected chi connectivity index (χ2v) is 5.41. The summed E-state index contributed by atoms with van der Waals surface area (Å²) in [6.07, 6.45) is 3.73. The van der Waals surface area contributed by atoms with Gasteiger partial charge in [0.2, 0.25) is 0 Å². The van der Waals surface area contributed by atoms with Crippen molar-refractivity contribution in [3.63, 3.8) is 0 Å². The molecule has 0 fully saturated rings. The van der Waals surface area contributed by atoms with Crippen LogP contribution in [0.15, 0.2) is 48.8 Å². The van der Waals surface area contributed by atoms with Gasteiger partial charge in [0.05, 0.1) is 17.9 Å². The van der Waals surface area contributed by atoms with E-state index in [9.17, 15) is 0 Å². The molecule has 0 aliphatic rings. The smallest absolute Gasteiger partial charge is 0.137 e. The molecule has 3 aromatic rings. The SMILES string of the molecule is Cc1nn(-c2ccccc2)c(Cl)c1CNCCn1cccn1. The highest BCUT2D eigenvalue weighted by molar-refractivity contribution is 6.30. The minimum atomic E-state index is 0.662. The molecule has 0 unspecified atom stereocenters. The summed E-state index contributed by atoms with van der Waals surface area (Å²) in [5, 5.41) is 12.8. The maximum atomic E-state index is 6.49. The zero-order chi connectivity index (χ0) is 15.4. The van der Waals surface area contributed by atoms with Crippen LogP contribution in [0.4, 0.5) is 0 Å². The van der Waals surface area contributed by atoms with Crippen molar-refractivity contribution in [1.82, 2.24) is 24.9 Å². The van der Waals surface area contributed by atoms with Crippen molar-refractivity contribution in [2.75, 3.05) is 6.54 Å². The normalized spacial score (nSPS) is 11.0. The summed E-state index contributed by atoms with van der Waals surface area (Å²) < 4.78 is 3.68. The van der Waals surface area contributed by atoms with Gasteiger partial charge in [-0.1, -0.05) is 29.8 Å². The second-order valence-electron chi connectivity index (χ2n) is 5.05. The first kappa shape index (κ1) is 14.8. The third-order valence-electron chi connectivity index (χ3n) is 3.50. The summed E-state index contributed by atoms with van der Waals surface area (Å²) in [6, 6.07) is 11.8. The molecule has 2 heterocycles. The molecule has 0 saturated heterocycles. The summed E-state index contributed by atoms with van der Waals surface area (Å²) in [5.41, 5.74) is 2.95. The Morgan fingerprint density at radius 1 is 1.18 bits per heavy atom. The zero-order valence-electron chi connectivity index (χ0n) is 12.4. The number of aromatic nitrogens is 4. The van der Waals surface area contributed by atoms with Crippen LogP contribution in [0, 0.1) is 6.92 Å². The van der Waals surface area contributed by atoms with Crippen molar-refractivity contribution in [3.05, 3.63) is 65.2 Å². The molecule has 1 aromatic carbocycles. The van der Waals surface area contributed by atoms with Gasteiger partial charge in [-0.2, -0.15) is 10.2 Å². The number of nitrogens with one attached hydrogen (secondary N) is 1. The van der Waals surface area contributed by atoms with Crippen LogP contribution in [-0.4, -0.2) is 26.1 Å². The minimum Gasteiger partial charge on any atom is -0.311 e. The number of hydrogen-bond donors (Lipinski definition) is 1. The molecule has 22 heavy (non-hydrogen) atoms. The van der Waals surface area contributed by atoms with Gasteiger partial charge in [-0.15, -0.1) is 0 Å². The molecular weight excluding hydrogens is 298 g/mol. The lowest BCUT2D eigenvalue weighted by molar-refractivity contribution is 0.554. The second kappa shape index (κ2) is 6.77. The Balaban J connectivity index is 1.65. The van der Waals surface area contributed by atoms with Gasteiger partial charge in [-0.3, -0.25) is 4.68 Å². The van der Waals surface area contributed by atoms with Gasteiger partial charge in [-0.25, -0.2) is 4.68 Å². The van der Waals surface area contributed by atoms with Crippen LogP contribution in [0.1, 0.15) is 11.3 Å². The maximum Gasteiger partial charge on any atom is 0.137 e. The molecule has 3 rings (SSSR count). The highest BCUT2D eigenvalue weighted by Crippen LogP contribution is 2.23. The number of nitrogens with zero attached hydrogens (tertiary/aromatic N) is 4. The Bertz CT molecular complexity index is 719. The van der Waals surface area contributed by atoms with Crippen molar-refractivity contribution in [2.24, 2.45) is 0 Å². The molecule has 0 aliphatic carbocycles. The van der Waals surface area contributed by atoms with Gasteiger partial charge in [0, 0.05) is 31.0 Å². The Labute approximate surface area is 134 Å². The standard InChI is InChI=1S/C16H18ClN5/c1-13-15(12-18-9-11-21-10-5-8-19-21)16(17)22(20-13)14-6-3-2-4-7-14/h2-8,10,18H,9,11-12H2,1H3. The molecule has 0 atom stereocenters. The lowest BCUT2D eigenvalue weighted by atomic mass is 10.2. The minimum absolute atomic E-state index is 0.662. The van der Waals surface area contributed by atoms with Crippen LogP contribution < -0.4 is 5.32 Å². The first-order chi connectivity index (χ1) is 10.8. The number of aryl methyl sites for hydroxylation is 1. The molecule has 0 bridgehead atoms. The highest BCUT2D eigenvalue weighted by atomic mass is 35.5. The molecule has 5 nitrogen and oxygen atoms in total. The third-order valence-corrected chi connectivity index (χ3v) is 3.89. The molecule has 114 valence electrons. The van der Waals surface area contributed by atoms with E-state index in [1.54, 1.807) is 10.9 Å². The van der Waals surface area contributed by atoms with E-state index in [4.69, 9.17) is 11.6 Å². The van der Waals surface area contributed by atoms with Gasteiger partial charge < -0.3 is 5.32 Å². The van der Waals surface area contributed by atoms with E-state index in [1.165, 1.54) is 0 Å². The Hall–Kier alpha value is -2.11. The molecule has 0 aliphatic heterocycles. The lowest BCUT2D eigenvalue weighted by Gasteiger charge is -2.06. The molecule has 0 radical (unpaired) electrons. The summed E-state index contributed by atoms with van der Waals surface area (Å²) in [5.74, 6) is 0. The molecular formula is C16H18ClN5. The average molecular weight is 316 g/mol. The largest absolute Gasteiger partial charge is 0.311 e. The number of benzene rings is 1. The number of halogens is 1. The van der Waals surface area contributed by atoms with Crippen LogP contribution in [0.5, 0.6) is 0 Å². The number of rotatable bonds is 6. The van der Waals surface area contributed by atoms with Crippen LogP contribution in [0.2, 0.25) is 5.15 Å². The van der Waals surface area contributed by atoms with Gasteiger partial charge in [-0.05, 0) is 25.1 Å². The Morgan fingerprint density at radius 2 is 2.00 bits per heavy atom. The van der Waals surface area contributed by atoms with E-state index in [2.05, 4.69) is 15.5 Å². The van der Waals surface area contributed by atoms with Gasteiger partial charge in [0.25, 0.3) is 0 Å². The first-order valence-electron chi connectivity index (χ1n) is 7.23. The van der Waals surface area contributed by atoms with Crippen molar-refractivity contribution < 1.29 is 0 Å². The third kappa shape index (κ3) is 3.21. The average Bonchev–Trinajstić information content (AvgIpc) is 3.14. The van der Waals surface area contributed by atoms with Crippen molar-refractivity contribution in [1.29, 1.82) is 0 Å². The van der Waals surface area contributed by atoms with Crippen molar-refractivity contribution >= 4 is 11.6 Å². The summed E-state index contributed by atoms with van der Waals surface area (Å²) >= 11 is 6.49. The van der Waals surface area contributed by atoms with E-state index in [1.807, 2.05) is 54.2 Å². The Morgan fingerprint density at radius 3 is 2.73 bits per heavy atom. The number of para-hydroxylation sites is 1. The van der Waals surface area contributed by atoms with E-state index >= 15 is 0 Å². The Kier molecular flexibility index (Phi) is 4.56. The lowest BCUT2D eigenvalue weighted by Crippen LogP contribution is -2.20. The predicted molar refractivity (Wildman–Crippen MR) is 87.2 cm³/mol. The van der Waals surface area contributed by atoms with E-state index in [0.717, 1.165) is 30.0 Å². The van der Waals surface area contributed by atoms with Crippen LogP contribution in [0.25, 0.3) is 5.69 Å². The molecule has 6 heteroatoms. The molecule has 0 saturated carbocycles. The van der Waals surface area contributed by atoms with Crippen LogP contribution in [0.3, 0.4) is 0 Å². The highest BCUT2D eigenvalue weighted by Gasteiger charge is 2.13. The number of hydrogen-bond acceptors (Lipinski definition) is 3. The fourth-order valence-electron chi connectivity index (χ4n) is 2.31. The molecule has 1 N–H and O–H groups in total. The van der Waals surface area contributed by atoms with Crippen LogP contribution in [-0.2, 0) is 13.1 Å². The topological polar surface area (TPSA) is 47.7 Å². The molecule has 0 amide bonds. The van der Waals surface area contributed by atoms with Gasteiger partial charge in [0.15, 0.2) is 0 Å². The molecule has 2 aromatic heterocycles. The molecule has 0 spiro atoms. The van der Waals surface area contributed by atoms with E-state index < -0.39 is 0 Å². The first-order valence-corrected chi connectivity index (χ1v) is 7.61. The maximum absolute atomic E-state index is 6.49. The van der Waals surface area contributed by atoms with E-state index in [-0.39, 0.29) is 0 Å². The van der Waals surface area contributed by atoms with Gasteiger partial charge >= 0.3 is 0 Å². The quantitative estimate of drug-likeness (QED) is 0.712. The van der Waals surface area contributed by atoms with Crippen LogP contribution >= 0.6 is 11.6 Å².